The molecule has 5 nitrogen and oxygen atoms in total. The van der Waals surface area contributed by atoms with Gasteiger partial charge in [0.25, 0.3) is 0 Å². The number of hydrogen-bond donors (Lipinski definition) is 2. The van der Waals surface area contributed by atoms with E-state index in [0.717, 1.165) is 31.7 Å². The van der Waals surface area contributed by atoms with Crippen LogP contribution in [-0.4, -0.2) is 50.2 Å². The van der Waals surface area contributed by atoms with E-state index in [4.69, 9.17) is 10.5 Å². The van der Waals surface area contributed by atoms with Crippen LogP contribution in [-0.2, 0) is 15.1 Å². The molecule has 1 aromatic rings. The van der Waals surface area contributed by atoms with Crippen LogP contribution in [0.4, 0.5) is 0 Å². The Balaban J connectivity index is 2.28. The molecule has 1 aromatic carbocycles. The van der Waals surface area contributed by atoms with Gasteiger partial charge in [0.15, 0.2) is 0 Å². The van der Waals surface area contributed by atoms with Gasteiger partial charge in [-0.1, -0.05) is 37.3 Å². The van der Waals surface area contributed by atoms with Gasteiger partial charge < -0.3 is 10.5 Å². The molecule has 1 aliphatic heterocycles. The van der Waals surface area contributed by atoms with Crippen molar-refractivity contribution in [3.63, 3.8) is 0 Å². The number of rotatable bonds is 6. The van der Waals surface area contributed by atoms with Gasteiger partial charge in [-0.15, -0.1) is 0 Å². The van der Waals surface area contributed by atoms with E-state index in [1.54, 1.807) is 0 Å². The minimum absolute atomic E-state index is 0.333. The molecule has 1 unspecified atom stereocenters. The molecule has 1 saturated heterocycles. The number of benzene rings is 1. The van der Waals surface area contributed by atoms with Crippen molar-refractivity contribution in [3.05, 3.63) is 35.9 Å². The average Bonchev–Trinajstić information content (AvgIpc) is 2.76. The summed E-state index contributed by atoms with van der Waals surface area (Å²) in [5, 5.41) is 3.32. The van der Waals surface area contributed by atoms with Crippen LogP contribution in [0.25, 0.3) is 0 Å². The fourth-order valence-electron chi connectivity index (χ4n) is 2.87. The molecule has 3 N–H and O–H groups in total. The summed E-state index contributed by atoms with van der Waals surface area (Å²) in [5.41, 5.74) is 5.86. The van der Waals surface area contributed by atoms with Crippen molar-refractivity contribution in [2.45, 2.75) is 18.9 Å². The lowest BCUT2D eigenvalue weighted by Gasteiger charge is -2.36. The molecule has 1 atom stereocenters. The van der Waals surface area contributed by atoms with E-state index in [-0.39, 0.29) is 5.91 Å². The van der Waals surface area contributed by atoms with Crippen LogP contribution < -0.4 is 11.1 Å². The molecule has 1 aliphatic rings. The van der Waals surface area contributed by atoms with Gasteiger partial charge in [0.1, 0.15) is 5.54 Å². The first kappa shape index (κ1) is 15.9. The Kier molecular flexibility index (Phi) is 5.73. The minimum Gasteiger partial charge on any atom is -0.380 e. The molecule has 0 aliphatic carbocycles. The first-order valence-corrected chi connectivity index (χ1v) is 7.59. The first-order chi connectivity index (χ1) is 10.2. The van der Waals surface area contributed by atoms with Crippen molar-refractivity contribution in [1.29, 1.82) is 0 Å². The maximum absolute atomic E-state index is 12.3. The third kappa shape index (κ3) is 3.81. The second-order valence-corrected chi connectivity index (χ2v) is 5.41. The standard InChI is InChI=1S/C16H25N3O2/c1-2-18-16(15(17)20,14-7-4-3-5-8-14)13-19-9-6-11-21-12-10-19/h3-5,7-8,18H,2,6,9-13H2,1H3,(H2,17,20). The summed E-state index contributed by atoms with van der Waals surface area (Å²) in [6, 6.07) is 9.75. The van der Waals surface area contributed by atoms with Gasteiger partial charge in [0.2, 0.25) is 5.91 Å². The van der Waals surface area contributed by atoms with Gasteiger partial charge in [-0.3, -0.25) is 15.0 Å². The van der Waals surface area contributed by atoms with Crippen LogP contribution in [0, 0.1) is 0 Å². The molecular weight excluding hydrogens is 266 g/mol. The van der Waals surface area contributed by atoms with Crippen molar-refractivity contribution < 1.29 is 9.53 Å². The fraction of sp³-hybridized carbons (Fsp3) is 0.562. The number of likely N-dealkylation sites (N-methyl/N-ethyl adjacent to an activating group) is 1. The number of ether oxygens (including phenoxy) is 1. The molecule has 0 spiro atoms. The summed E-state index contributed by atoms with van der Waals surface area (Å²) in [6.07, 6.45) is 0.982. The maximum atomic E-state index is 12.3. The number of nitrogens with one attached hydrogen (secondary N) is 1. The third-order valence-corrected chi connectivity index (χ3v) is 3.94. The Morgan fingerprint density at radius 1 is 1.33 bits per heavy atom. The summed E-state index contributed by atoms with van der Waals surface area (Å²) in [6.45, 7) is 6.49. The summed E-state index contributed by atoms with van der Waals surface area (Å²) >= 11 is 0. The third-order valence-electron chi connectivity index (χ3n) is 3.94. The van der Waals surface area contributed by atoms with E-state index in [1.807, 2.05) is 37.3 Å². The lowest BCUT2D eigenvalue weighted by molar-refractivity contribution is -0.125. The second-order valence-electron chi connectivity index (χ2n) is 5.41. The quantitative estimate of drug-likeness (QED) is 0.809. The van der Waals surface area contributed by atoms with Crippen LogP contribution in [0.5, 0.6) is 0 Å². The van der Waals surface area contributed by atoms with Gasteiger partial charge >= 0.3 is 0 Å². The molecule has 1 fully saturated rings. The Bertz CT molecular complexity index is 444. The van der Waals surface area contributed by atoms with E-state index in [2.05, 4.69) is 10.2 Å². The van der Waals surface area contributed by atoms with Crippen molar-refractivity contribution in [3.8, 4) is 0 Å². The Morgan fingerprint density at radius 3 is 2.76 bits per heavy atom. The first-order valence-electron chi connectivity index (χ1n) is 7.59. The maximum Gasteiger partial charge on any atom is 0.243 e. The highest BCUT2D eigenvalue weighted by molar-refractivity contribution is 5.86. The number of carbonyl (C=O) groups is 1. The Morgan fingerprint density at radius 2 is 2.10 bits per heavy atom. The smallest absolute Gasteiger partial charge is 0.243 e. The van der Waals surface area contributed by atoms with E-state index in [1.165, 1.54) is 0 Å². The predicted octanol–water partition coefficient (Wildman–Crippen LogP) is 0.699. The summed E-state index contributed by atoms with van der Waals surface area (Å²) in [4.78, 5) is 14.5. The Hall–Kier alpha value is -1.43. The Labute approximate surface area is 126 Å². The predicted molar refractivity (Wildman–Crippen MR) is 82.9 cm³/mol. The molecule has 1 amide bonds. The van der Waals surface area contributed by atoms with Gasteiger partial charge in [-0.2, -0.15) is 0 Å². The minimum atomic E-state index is -0.847. The number of carbonyl (C=O) groups excluding carboxylic acids is 1. The number of amides is 1. The monoisotopic (exact) mass is 291 g/mol. The molecule has 21 heavy (non-hydrogen) atoms. The molecule has 2 rings (SSSR count). The van der Waals surface area contributed by atoms with Crippen LogP contribution in [0.1, 0.15) is 18.9 Å². The molecule has 0 bridgehead atoms. The molecule has 1 heterocycles. The summed E-state index contributed by atoms with van der Waals surface area (Å²) in [7, 11) is 0. The molecule has 0 radical (unpaired) electrons. The zero-order valence-electron chi connectivity index (χ0n) is 12.7. The van der Waals surface area contributed by atoms with Crippen LogP contribution in [0.2, 0.25) is 0 Å². The van der Waals surface area contributed by atoms with Gasteiger partial charge in [-0.25, -0.2) is 0 Å². The van der Waals surface area contributed by atoms with Gasteiger partial charge in [-0.05, 0) is 18.5 Å². The highest BCUT2D eigenvalue weighted by Gasteiger charge is 2.39. The van der Waals surface area contributed by atoms with E-state index >= 15 is 0 Å². The molecule has 0 aromatic heterocycles. The summed E-state index contributed by atoms with van der Waals surface area (Å²) in [5.74, 6) is -0.333. The van der Waals surface area contributed by atoms with Gasteiger partial charge in [0, 0.05) is 26.2 Å². The van der Waals surface area contributed by atoms with Crippen LogP contribution in [0.15, 0.2) is 30.3 Å². The lowest BCUT2D eigenvalue weighted by atomic mass is 9.88. The number of hydrogen-bond acceptors (Lipinski definition) is 4. The highest BCUT2D eigenvalue weighted by atomic mass is 16.5. The second kappa shape index (κ2) is 7.54. The van der Waals surface area contributed by atoms with E-state index in [9.17, 15) is 4.79 Å². The number of primary amides is 1. The van der Waals surface area contributed by atoms with Crippen molar-refractivity contribution in [1.82, 2.24) is 10.2 Å². The number of nitrogens with two attached hydrogens (primary N) is 1. The average molecular weight is 291 g/mol. The highest BCUT2D eigenvalue weighted by Crippen LogP contribution is 2.23. The molecule has 0 saturated carbocycles. The van der Waals surface area contributed by atoms with Crippen molar-refractivity contribution >= 4 is 5.91 Å². The lowest BCUT2D eigenvalue weighted by Crippen LogP contribution is -2.59. The largest absolute Gasteiger partial charge is 0.380 e. The fourth-order valence-corrected chi connectivity index (χ4v) is 2.87. The molecule has 5 heteroatoms. The van der Waals surface area contributed by atoms with E-state index < -0.39 is 5.54 Å². The normalized spacial score (nSPS) is 19.7. The van der Waals surface area contributed by atoms with Crippen molar-refractivity contribution in [2.24, 2.45) is 5.73 Å². The van der Waals surface area contributed by atoms with Crippen molar-refractivity contribution in [2.75, 3.05) is 39.4 Å². The zero-order chi connectivity index (χ0) is 15.1. The topological polar surface area (TPSA) is 67.6 Å². The molecular formula is C16H25N3O2. The zero-order valence-corrected chi connectivity index (χ0v) is 12.7. The summed E-state index contributed by atoms with van der Waals surface area (Å²) < 4.78 is 5.49. The number of nitrogens with zero attached hydrogens (tertiary/aromatic N) is 1. The molecule has 116 valence electrons. The van der Waals surface area contributed by atoms with Gasteiger partial charge in [0.05, 0.1) is 6.61 Å². The SMILES string of the molecule is CCNC(CN1CCCOCC1)(C(N)=O)c1ccccc1. The van der Waals surface area contributed by atoms with Crippen LogP contribution >= 0.6 is 0 Å². The van der Waals surface area contributed by atoms with E-state index in [0.29, 0.717) is 19.7 Å². The van der Waals surface area contributed by atoms with Crippen LogP contribution in [0.3, 0.4) is 0 Å².